The Kier molecular flexibility index (Phi) is 3.47. The lowest BCUT2D eigenvalue weighted by atomic mass is 10.1. The fourth-order valence-corrected chi connectivity index (χ4v) is 2.55. The van der Waals surface area contributed by atoms with E-state index >= 15 is 0 Å². The topological polar surface area (TPSA) is 42.4 Å². The van der Waals surface area contributed by atoms with Crippen LogP contribution < -0.4 is 4.74 Å². The molecule has 0 saturated carbocycles. The maximum absolute atomic E-state index is 9.84. The highest BCUT2D eigenvalue weighted by Crippen LogP contribution is 2.36. The molecule has 1 aliphatic rings. The molecule has 1 aliphatic carbocycles. The van der Waals surface area contributed by atoms with Crippen LogP contribution in [0.15, 0.2) is 42.6 Å². The third kappa shape index (κ3) is 2.61. The number of aliphatic hydroxyl groups is 1. The highest BCUT2D eigenvalue weighted by molar-refractivity contribution is 5.44. The van der Waals surface area contributed by atoms with Gasteiger partial charge in [-0.25, -0.2) is 0 Å². The summed E-state index contributed by atoms with van der Waals surface area (Å²) in [5, 5.41) is 9.84. The van der Waals surface area contributed by atoms with Gasteiger partial charge < -0.3 is 9.84 Å². The van der Waals surface area contributed by atoms with Crippen LogP contribution in [0.4, 0.5) is 0 Å². The molecule has 0 saturated heterocycles. The molecule has 3 heteroatoms. The van der Waals surface area contributed by atoms with Gasteiger partial charge in [0.25, 0.3) is 0 Å². The molecular formula is C16H17NO2. The molecule has 0 spiro atoms. The molecule has 0 bridgehead atoms. The number of fused-ring (bicyclic) bond motifs is 1. The number of pyridine rings is 1. The van der Waals surface area contributed by atoms with Crippen molar-refractivity contribution in [3.05, 3.63) is 59.4 Å². The van der Waals surface area contributed by atoms with Crippen LogP contribution in [0.5, 0.6) is 5.75 Å². The van der Waals surface area contributed by atoms with Crippen LogP contribution >= 0.6 is 0 Å². The van der Waals surface area contributed by atoms with Crippen molar-refractivity contribution in [3.8, 4) is 5.75 Å². The van der Waals surface area contributed by atoms with Gasteiger partial charge in [0.05, 0.1) is 12.7 Å². The van der Waals surface area contributed by atoms with E-state index in [0.717, 1.165) is 41.8 Å². The minimum atomic E-state index is -0.325. The highest BCUT2D eigenvalue weighted by atomic mass is 16.5. The van der Waals surface area contributed by atoms with E-state index in [0.29, 0.717) is 6.61 Å². The average molecular weight is 255 g/mol. The second-order valence-electron chi connectivity index (χ2n) is 4.80. The second kappa shape index (κ2) is 5.41. The second-order valence-corrected chi connectivity index (χ2v) is 4.80. The first-order valence-corrected chi connectivity index (χ1v) is 6.67. The lowest BCUT2D eigenvalue weighted by molar-refractivity contribution is 0.180. The van der Waals surface area contributed by atoms with E-state index in [1.54, 1.807) is 6.20 Å². The van der Waals surface area contributed by atoms with Crippen LogP contribution in [0.3, 0.4) is 0 Å². The molecule has 1 aromatic heterocycles. The molecule has 98 valence electrons. The molecule has 1 aromatic carbocycles. The number of hydrogen-bond acceptors (Lipinski definition) is 3. The smallest absolute Gasteiger partial charge is 0.122 e. The monoisotopic (exact) mass is 255 g/mol. The van der Waals surface area contributed by atoms with E-state index in [-0.39, 0.29) is 6.10 Å². The molecule has 0 radical (unpaired) electrons. The summed E-state index contributed by atoms with van der Waals surface area (Å²) < 4.78 is 5.85. The summed E-state index contributed by atoms with van der Waals surface area (Å²) >= 11 is 0. The van der Waals surface area contributed by atoms with E-state index in [1.165, 1.54) is 0 Å². The lowest BCUT2D eigenvalue weighted by Gasteiger charge is -2.11. The van der Waals surface area contributed by atoms with Crippen molar-refractivity contribution in [1.29, 1.82) is 0 Å². The average Bonchev–Trinajstić information content (AvgIpc) is 2.83. The molecule has 1 heterocycles. The van der Waals surface area contributed by atoms with Crippen LogP contribution in [0.2, 0.25) is 0 Å². The number of nitrogens with zero attached hydrogens (tertiary/aromatic N) is 1. The van der Waals surface area contributed by atoms with Gasteiger partial charge in [0.2, 0.25) is 0 Å². The van der Waals surface area contributed by atoms with Gasteiger partial charge in [0, 0.05) is 23.9 Å². The van der Waals surface area contributed by atoms with Crippen molar-refractivity contribution in [2.45, 2.75) is 25.4 Å². The van der Waals surface area contributed by atoms with Gasteiger partial charge >= 0.3 is 0 Å². The molecule has 0 fully saturated rings. The first-order chi connectivity index (χ1) is 9.34. The SMILES string of the molecule is OC1CCc2c(OCCc3ccccn3)cccc21. The quantitative estimate of drug-likeness (QED) is 0.913. The van der Waals surface area contributed by atoms with Gasteiger partial charge in [-0.05, 0) is 36.6 Å². The number of benzene rings is 1. The Morgan fingerprint density at radius 3 is 3.00 bits per heavy atom. The van der Waals surface area contributed by atoms with E-state index < -0.39 is 0 Å². The summed E-state index contributed by atoms with van der Waals surface area (Å²) in [6.07, 6.45) is 3.97. The van der Waals surface area contributed by atoms with Gasteiger partial charge in [0.15, 0.2) is 0 Å². The molecule has 0 aliphatic heterocycles. The van der Waals surface area contributed by atoms with Gasteiger partial charge in [-0.1, -0.05) is 18.2 Å². The Bertz CT molecular complexity index is 554. The molecule has 3 rings (SSSR count). The first kappa shape index (κ1) is 12.2. The Hall–Kier alpha value is -1.87. The van der Waals surface area contributed by atoms with E-state index in [1.807, 2.05) is 36.4 Å². The molecule has 2 aromatic rings. The summed E-state index contributed by atoms with van der Waals surface area (Å²) in [6.45, 7) is 0.615. The van der Waals surface area contributed by atoms with Gasteiger partial charge in [0.1, 0.15) is 5.75 Å². The number of aliphatic hydroxyl groups excluding tert-OH is 1. The molecule has 3 nitrogen and oxygen atoms in total. The zero-order chi connectivity index (χ0) is 13.1. The van der Waals surface area contributed by atoms with Gasteiger partial charge in [-0.2, -0.15) is 0 Å². The minimum Gasteiger partial charge on any atom is -0.493 e. The van der Waals surface area contributed by atoms with E-state index in [4.69, 9.17) is 4.74 Å². The summed E-state index contributed by atoms with van der Waals surface area (Å²) in [5.41, 5.74) is 3.22. The van der Waals surface area contributed by atoms with Crippen LogP contribution in [-0.2, 0) is 12.8 Å². The lowest BCUT2D eigenvalue weighted by Crippen LogP contribution is -2.04. The largest absolute Gasteiger partial charge is 0.493 e. The molecule has 1 unspecified atom stereocenters. The summed E-state index contributed by atoms with van der Waals surface area (Å²) in [5.74, 6) is 0.907. The van der Waals surface area contributed by atoms with Crippen LogP contribution in [0.25, 0.3) is 0 Å². The normalized spacial score (nSPS) is 17.2. The van der Waals surface area contributed by atoms with Gasteiger partial charge in [-0.15, -0.1) is 0 Å². The Labute approximate surface area is 112 Å². The minimum absolute atomic E-state index is 0.325. The standard InChI is InChI=1S/C16H17NO2/c18-15-8-7-14-13(15)5-3-6-16(14)19-11-9-12-4-1-2-10-17-12/h1-6,10,15,18H,7-9,11H2. The van der Waals surface area contributed by atoms with Crippen LogP contribution in [0.1, 0.15) is 29.3 Å². The zero-order valence-corrected chi connectivity index (χ0v) is 10.7. The number of rotatable bonds is 4. The van der Waals surface area contributed by atoms with Crippen molar-refractivity contribution in [1.82, 2.24) is 4.98 Å². The Morgan fingerprint density at radius 2 is 2.16 bits per heavy atom. The van der Waals surface area contributed by atoms with E-state index in [2.05, 4.69) is 4.98 Å². The van der Waals surface area contributed by atoms with Crippen molar-refractivity contribution in [2.24, 2.45) is 0 Å². The maximum atomic E-state index is 9.84. The third-order valence-corrected chi connectivity index (χ3v) is 3.54. The predicted octanol–water partition coefficient (Wildman–Crippen LogP) is 2.68. The molecule has 1 N–H and O–H groups in total. The predicted molar refractivity (Wildman–Crippen MR) is 73.2 cm³/mol. The summed E-state index contributed by atoms with van der Waals surface area (Å²) in [4.78, 5) is 4.27. The van der Waals surface area contributed by atoms with Crippen LogP contribution in [0, 0.1) is 0 Å². The fourth-order valence-electron chi connectivity index (χ4n) is 2.55. The molecular weight excluding hydrogens is 238 g/mol. The maximum Gasteiger partial charge on any atom is 0.122 e. The Morgan fingerprint density at radius 1 is 1.21 bits per heavy atom. The molecule has 19 heavy (non-hydrogen) atoms. The summed E-state index contributed by atoms with van der Waals surface area (Å²) in [6, 6.07) is 11.8. The molecule has 0 amide bonds. The molecule has 1 atom stereocenters. The van der Waals surface area contributed by atoms with Gasteiger partial charge in [-0.3, -0.25) is 4.98 Å². The first-order valence-electron chi connectivity index (χ1n) is 6.67. The third-order valence-electron chi connectivity index (χ3n) is 3.54. The van der Waals surface area contributed by atoms with Crippen molar-refractivity contribution >= 4 is 0 Å². The summed E-state index contributed by atoms with van der Waals surface area (Å²) in [7, 11) is 0. The Balaban J connectivity index is 1.65. The fraction of sp³-hybridized carbons (Fsp3) is 0.312. The number of ether oxygens (including phenoxy) is 1. The number of hydrogen-bond donors (Lipinski definition) is 1. The van der Waals surface area contributed by atoms with Crippen molar-refractivity contribution in [2.75, 3.05) is 6.61 Å². The van der Waals surface area contributed by atoms with Crippen molar-refractivity contribution in [3.63, 3.8) is 0 Å². The van der Waals surface area contributed by atoms with Crippen molar-refractivity contribution < 1.29 is 9.84 Å². The number of aromatic nitrogens is 1. The highest BCUT2D eigenvalue weighted by Gasteiger charge is 2.22. The van der Waals surface area contributed by atoms with Crippen LogP contribution in [-0.4, -0.2) is 16.7 Å². The van der Waals surface area contributed by atoms with E-state index in [9.17, 15) is 5.11 Å². The zero-order valence-electron chi connectivity index (χ0n) is 10.7.